The summed E-state index contributed by atoms with van der Waals surface area (Å²) in [5, 5.41) is 3.35. The van der Waals surface area contributed by atoms with Crippen molar-refractivity contribution < 1.29 is 23.8 Å². The van der Waals surface area contributed by atoms with Crippen molar-refractivity contribution in [3.05, 3.63) is 57.0 Å². The van der Waals surface area contributed by atoms with E-state index in [2.05, 4.69) is 21.2 Å². The second-order valence-electron chi connectivity index (χ2n) is 6.26. The van der Waals surface area contributed by atoms with Crippen molar-refractivity contribution in [3.63, 3.8) is 0 Å². The Morgan fingerprint density at radius 3 is 2.46 bits per heavy atom. The highest BCUT2D eigenvalue weighted by atomic mass is 79.9. The van der Waals surface area contributed by atoms with Gasteiger partial charge >= 0.3 is 5.97 Å². The summed E-state index contributed by atoms with van der Waals surface area (Å²) in [6.45, 7) is 2.46. The molecule has 0 saturated heterocycles. The number of hydrogen-bond acceptors (Lipinski definition) is 5. The van der Waals surface area contributed by atoms with Crippen molar-refractivity contribution in [3.8, 4) is 11.5 Å². The number of esters is 1. The summed E-state index contributed by atoms with van der Waals surface area (Å²) in [5.74, 6) is 0.609. The number of hydrogen-bond donors (Lipinski definition) is 1. The van der Waals surface area contributed by atoms with Gasteiger partial charge in [-0.15, -0.1) is 0 Å². The van der Waals surface area contributed by atoms with Gasteiger partial charge < -0.3 is 19.5 Å². The van der Waals surface area contributed by atoms with Crippen molar-refractivity contribution in [1.29, 1.82) is 0 Å². The van der Waals surface area contributed by atoms with Crippen molar-refractivity contribution in [1.82, 2.24) is 5.32 Å². The van der Waals surface area contributed by atoms with Crippen LogP contribution in [-0.4, -0.2) is 25.1 Å². The Labute approximate surface area is 176 Å². The predicted octanol–water partition coefficient (Wildman–Crippen LogP) is 4.18. The van der Waals surface area contributed by atoms with Crippen LogP contribution in [-0.2, 0) is 20.9 Å². The smallest absolute Gasteiger partial charge is 0.308 e. The lowest BCUT2D eigenvalue weighted by atomic mass is 10.0. The van der Waals surface area contributed by atoms with Gasteiger partial charge in [0, 0.05) is 22.0 Å². The molecule has 148 valence electrons. The second kappa shape index (κ2) is 9.30. The van der Waals surface area contributed by atoms with E-state index in [0.29, 0.717) is 29.7 Å². The number of ether oxygens (including phenoxy) is 3. The molecule has 1 N–H and O–H groups in total. The number of halogens is 2. The molecule has 2 aromatic carbocycles. The third-order valence-corrected chi connectivity index (χ3v) is 5.11. The summed E-state index contributed by atoms with van der Waals surface area (Å²) < 4.78 is 17.3. The Balaban J connectivity index is 1.64. The second-order valence-corrected chi connectivity index (χ2v) is 7.55. The normalized spacial score (nSPS) is 13.5. The van der Waals surface area contributed by atoms with E-state index in [1.165, 1.54) is 6.92 Å². The Hall–Kier alpha value is -2.25. The van der Waals surface area contributed by atoms with Crippen LogP contribution in [0, 0.1) is 0 Å². The molecule has 1 aliphatic heterocycles. The number of amides is 1. The molecule has 0 bridgehead atoms. The Bertz CT molecular complexity index is 872. The average Bonchev–Trinajstić information content (AvgIpc) is 2.66. The van der Waals surface area contributed by atoms with E-state index in [4.69, 9.17) is 25.8 Å². The molecule has 1 amide bonds. The minimum atomic E-state index is -0.494. The predicted molar refractivity (Wildman–Crippen MR) is 108 cm³/mol. The van der Waals surface area contributed by atoms with E-state index in [0.717, 1.165) is 15.6 Å². The van der Waals surface area contributed by atoms with Gasteiger partial charge in [0.25, 0.3) is 0 Å². The fraction of sp³-hybridized carbons (Fsp3) is 0.300. The van der Waals surface area contributed by atoms with Crippen LogP contribution in [0.25, 0.3) is 0 Å². The molecule has 1 unspecified atom stereocenters. The van der Waals surface area contributed by atoms with Gasteiger partial charge in [-0.3, -0.25) is 9.59 Å². The quantitative estimate of drug-likeness (QED) is 0.644. The maximum Gasteiger partial charge on any atom is 0.308 e. The molecular formula is C20H19BrClNO5. The Morgan fingerprint density at radius 1 is 1.18 bits per heavy atom. The van der Waals surface area contributed by atoms with E-state index in [1.54, 1.807) is 36.4 Å². The van der Waals surface area contributed by atoms with Crippen molar-refractivity contribution in [2.45, 2.75) is 26.0 Å². The molecule has 1 heterocycles. The third-order valence-electron chi connectivity index (χ3n) is 4.12. The first kappa shape index (κ1) is 20.5. The van der Waals surface area contributed by atoms with Crippen LogP contribution in [0.2, 0.25) is 5.02 Å². The van der Waals surface area contributed by atoms with Gasteiger partial charge in [-0.2, -0.15) is 0 Å². The maximum absolute atomic E-state index is 12.4. The van der Waals surface area contributed by atoms with Crippen LogP contribution < -0.4 is 14.8 Å². The molecule has 0 aliphatic carbocycles. The summed E-state index contributed by atoms with van der Waals surface area (Å²) in [5.41, 5.74) is 1.54. The van der Waals surface area contributed by atoms with Gasteiger partial charge in [0.1, 0.15) is 19.8 Å². The van der Waals surface area contributed by atoms with Crippen molar-refractivity contribution >= 4 is 39.4 Å². The molecule has 0 fully saturated rings. The summed E-state index contributed by atoms with van der Waals surface area (Å²) in [6.07, 6.45) is 0.00336. The lowest BCUT2D eigenvalue weighted by molar-refractivity contribution is -0.145. The zero-order chi connectivity index (χ0) is 20.1. The fourth-order valence-corrected chi connectivity index (χ4v) is 3.36. The molecule has 3 rings (SSSR count). The highest BCUT2D eigenvalue weighted by molar-refractivity contribution is 9.10. The molecule has 1 atom stereocenters. The van der Waals surface area contributed by atoms with Crippen molar-refractivity contribution in [2.75, 3.05) is 13.2 Å². The molecular weight excluding hydrogens is 450 g/mol. The molecule has 0 radical (unpaired) electrons. The van der Waals surface area contributed by atoms with E-state index >= 15 is 0 Å². The van der Waals surface area contributed by atoms with Gasteiger partial charge in [0.2, 0.25) is 5.91 Å². The number of carbonyl (C=O) groups excluding carboxylic acids is 2. The van der Waals surface area contributed by atoms with Crippen LogP contribution in [0.3, 0.4) is 0 Å². The highest BCUT2D eigenvalue weighted by Gasteiger charge is 2.20. The standard InChI is InChI=1S/C20H19BrClNO5/c1-12(24)23-17(13-2-4-15(22)5-3-13)10-20(25)28-11-14-8-18-19(9-16(14)21)27-7-6-26-18/h2-5,8-9,17H,6-7,10-11H2,1H3,(H,23,24). The van der Waals surface area contributed by atoms with Gasteiger partial charge in [-0.05, 0) is 29.8 Å². The fourth-order valence-electron chi connectivity index (χ4n) is 2.79. The largest absolute Gasteiger partial charge is 0.486 e. The topological polar surface area (TPSA) is 73.9 Å². The zero-order valence-corrected chi connectivity index (χ0v) is 17.5. The summed E-state index contributed by atoms with van der Waals surface area (Å²) in [6, 6.07) is 10.1. The molecule has 6 nitrogen and oxygen atoms in total. The Kier molecular flexibility index (Phi) is 6.80. The Morgan fingerprint density at radius 2 is 1.82 bits per heavy atom. The monoisotopic (exact) mass is 467 g/mol. The average molecular weight is 469 g/mol. The van der Waals surface area contributed by atoms with E-state index in [9.17, 15) is 9.59 Å². The van der Waals surface area contributed by atoms with Gasteiger partial charge in [-0.1, -0.05) is 39.7 Å². The molecule has 1 aliphatic rings. The minimum absolute atomic E-state index is 0.00336. The van der Waals surface area contributed by atoms with Gasteiger partial charge in [-0.25, -0.2) is 0 Å². The van der Waals surface area contributed by atoms with Gasteiger partial charge in [0.15, 0.2) is 11.5 Å². The van der Waals surface area contributed by atoms with Crippen LogP contribution in [0.5, 0.6) is 11.5 Å². The SMILES string of the molecule is CC(=O)NC(CC(=O)OCc1cc2c(cc1Br)OCCO2)c1ccc(Cl)cc1. The number of benzene rings is 2. The molecule has 8 heteroatoms. The van der Waals surface area contributed by atoms with Crippen LogP contribution >= 0.6 is 27.5 Å². The van der Waals surface area contributed by atoms with Crippen molar-refractivity contribution in [2.24, 2.45) is 0 Å². The number of fused-ring (bicyclic) bond motifs is 1. The highest BCUT2D eigenvalue weighted by Crippen LogP contribution is 2.35. The van der Waals surface area contributed by atoms with Crippen LogP contribution in [0.1, 0.15) is 30.5 Å². The number of carbonyl (C=O) groups is 2. The summed E-state index contributed by atoms with van der Waals surface area (Å²) in [7, 11) is 0. The van der Waals surface area contributed by atoms with E-state index in [1.807, 2.05) is 0 Å². The first-order valence-electron chi connectivity index (χ1n) is 8.68. The number of rotatable bonds is 6. The number of nitrogens with one attached hydrogen (secondary N) is 1. The van der Waals surface area contributed by atoms with Crippen LogP contribution in [0.15, 0.2) is 40.9 Å². The lowest BCUT2D eigenvalue weighted by Gasteiger charge is -2.20. The molecule has 0 spiro atoms. The lowest BCUT2D eigenvalue weighted by Crippen LogP contribution is -2.28. The zero-order valence-electron chi connectivity index (χ0n) is 15.2. The van der Waals surface area contributed by atoms with Gasteiger partial charge in [0.05, 0.1) is 12.5 Å². The molecule has 2 aromatic rings. The maximum atomic E-state index is 12.4. The first-order valence-corrected chi connectivity index (χ1v) is 9.85. The first-order chi connectivity index (χ1) is 13.4. The van der Waals surface area contributed by atoms with E-state index in [-0.39, 0.29) is 18.9 Å². The molecule has 28 heavy (non-hydrogen) atoms. The minimum Gasteiger partial charge on any atom is -0.486 e. The molecule has 0 aromatic heterocycles. The summed E-state index contributed by atoms with van der Waals surface area (Å²) in [4.78, 5) is 23.9. The van der Waals surface area contributed by atoms with Crippen LogP contribution in [0.4, 0.5) is 0 Å². The third kappa shape index (κ3) is 5.39. The van der Waals surface area contributed by atoms with E-state index < -0.39 is 12.0 Å². The molecule has 0 saturated carbocycles. The summed E-state index contributed by atoms with van der Waals surface area (Å²) >= 11 is 9.36.